The number of hydrogen-bond donors (Lipinski definition) is 3. The van der Waals surface area contributed by atoms with Crippen molar-refractivity contribution in [3.63, 3.8) is 0 Å². The molecule has 3 aromatic rings. The van der Waals surface area contributed by atoms with Crippen molar-refractivity contribution in [2.24, 2.45) is 11.7 Å². The molecule has 4 N–H and O–H groups in total. The number of amides is 1. The van der Waals surface area contributed by atoms with Crippen molar-refractivity contribution in [2.45, 2.75) is 36.6 Å². The Morgan fingerprint density at radius 2 is 1.65 bits per heavy atom. The summed E-state index contributed by atoms with van der Waals surface area (Å²) in [6.07, 6.45) is 1.85. The normalized spacial score (nSPS) is 17.1. The fourth-order valence-electron chi connectivity index (χ4n) is 4.97. The van der Waals surface area contributed by atoms with E-state index in [-0.39, 0.29) is 35.6 Å². The number of methoxy groups -OCH3 is 1. The van der Waals surface area contributed by atoms with Gasteiger partial charge in [0.05, 0.1) is 24.3 Å². The highest BCUT2D eigenvalue weighted by atomic mass is 32.2. The lowest BCUT2D eigenvalue weighted by Gasteiger charge is -2.25. The van der Waals surface area contributed by atoms with Crippen molar-refractivity contribution < 1.29 is 22.7 Å². The lowest BCUT2D eigenvalue weighted by Crippen LogP contribution is -2.42. The number of carbonyl (C=O) groups is 2. The number of nitrogens with zero attached hydrogens (tertiary/aromatic N) is 1. The zero-order valence-electron chi connectivity index (χ0n) is 22.4. The minimum absolute atomic E-state index is 0.0191. The molecule has 4 rings (SSSR count). The van der Waals surface area contributed by atoms with Crippen LogP contribution >= 0.6 is 0 Å². The number of nitrogens with one attached hydrogen (secondary N) is 2. The summed E-state index contributed by atoms with van der Waals surface area (Å²) >= 11 is 0. The number of likely N-dealkylation sites (tertiary alicyclic amines) is 1. The molecule has 1 amide bonds. The maximum atomic E-state index is 13.2. The molecule has 40 heavy (non-hydrogen) atoms. The Morgan fingerprint density at radius 3 is 2.25 bits per heavy atom. The van der Waals surface area contributed by atoms with E-state index in [0.29, 0.717) is 18.5 Å². The zero-order chi connectivity index (χ0) is 28.7. The number of amidine groups is 1. The van der Waals surface area contributed by atoms with Gasteiger partial charge in [0.2, 0.25) is 15.9 Å². The Labute approximate surface area is 234 Å². The second kappa shape index (κ2) is 12.9. The second-order valence-electron chi connectivity index (χ2n) is 9.85. The molecule has 0 spiro atoms. The lowest BCUT2D eigenvalue weighted by atomic mass is 10.0. The monoisotopic (exact) mass is 562 g/mol. The Bertz CT molecular complexity index is 1440. The summed E-state index contributed by atoms with van der Waals surface area (Å²) in [5.41, 5.74) is 8.98. The van der Waals surface area contributed by atoms with Gasteiger partial charge in [-0.1, -0.05) is 66.7 Å². The first-order valence-corrected chi connectivity index (χ1v) is 14.6. The van der Waals surface area contributed by atoms with Gasteiger partial charge in [-0.25, -0.2) is 13.1 Å². The molecule has 0 aliphatic carbocycles. The zero-order valence-corrected chi connectivity index (χ0v) is 23.2. The van der Waals surface area contributed by atoms with E-state index in [1.54, 1.807) is 29.2 Å². The molecule has 2 atom stereocenters. The third-order valence-corrected chi connectivity index (χ3v) is 8.62. The third-order valence-electron chi connectivity index (χ3n) is 7.18. The van der Waals surface area contributed by atoms with E-state index in [1.165, 1.54) is 19.2 Å². The van der Waals surface area contributed by atoms with Gasteiger partial charge in [-0.3, -0.25) is 15.0 Å². The van der Waals surface area contributed by atoms with Crippen LogP contribution in [0.25, 0.3) is 11.1 Å². The van der Waals surface area contributed by atoms with Crippen LogP contribution in [0, 0.1) is 11.3 Å². The summed E-state index contributed by atoms with van der Waals surface area (Å²) in [6, 6.07) is 23.2. The molecule has 3 aromatic carbocycles. The van der Waals surface area contributed by atoms with Crippen LogP contribution < -0.4 is 10.5 Å². The third kappa shape index (κ3) is 7.13. The molecule has 210 valence electrons. The van der Waals surface area contributed by atoms with Gasteiger partial charge in [-0.2, -0.15) is 0 Å². The van der Waals surface area contributed by atoms with Crippen LogP contribution in [-0.4, -0.2) is 57.3 Å². The number of benzene rings is 3. The SMILES string of the molecule is COC(=O)C[C@@H]1C[C@@H](CNS(=O)(=O)c2ccc(-c3ccc(C(=N)N)cc3)cc2)N(CCCc2ccccc2)C1=O. The van der Waals surface area contributed by atoms with Gasteiger partial charge < -0.3 is 15.4 Å². The number of ether oxygens (including phenoxy) is 1. The summed E-state index contributed by atoms with van der Waals surface area (Å²) in [5, 5.41) is 7.51. The predicted octanol–water partition coefficient (Wildman–Crippen LogP) is 3.33. The van der Waals surface area contributed by atoms with Gasteiger partial charge >= 0.3 is 5.97 Å². The fraction of sp³-hybridized carbons (Fsp3) is 0.300. The predicted molar refractivity (Wildman–Crippen MR) is 153 cm³/mol. The van der Waals surface area contributed by atoms with Gasteiger partial charge in [0, 0.05) is 24.7 Å². The number of aryl methyl sites for hydroxylation is 1. The van der Waals surface area contributed by atoms with E-state index in [9.17, 15) is 18.0 Å². The number of esters is 1. The fourth-order valence-corrected chi connectivity index (χ4v) is 6.04. The number of rotatable bonds is 12. The molecule has 1 fully saturated rings. The van der Waals surface area contributed by atoms with Crippen LogP contribution in [0.5, 0.6) is 0 Å². The molecule has 0 saturated carbocycles. The average Bonchev–Trinajstić information content (AvgIpc) is 3.26. The standard InChI is InChI=1S/C30H34N4O5S/c1-39-28(35)19-25-18-26(34(30(25)36)17-5-8-21-6-3-2-4-7-21)20-33-40(37,38)27-15-13-23(14-16-27)22-9-11-24(12-10-22)29(31)32/h2-4,6-7,9-16,25-26,33H,5,8,17-20H2,1H3,(H3,31,32)/t25-,26-/m0/s1. The topological polar surface area (TPSA) is 143 Å². The van der Waals surface area contributed by atoms with Crippen molar-refractivity contribution in [1.82, 2.24) is 9.62 Å². The van der Waals surface area contributed by atoms with Crippen molar-refractivity contribution >= 4 is 27.7 Å². The van der Waals surface area contributed by atoms with Gasteiger partial charge in [-0.15, -0.1) is 0 Å². The molecule has 0 bridgehead atoms. The maximum absolute atomic E-state index is 13.2. The smallest absolute Gasteiger partial charge is 0.306 e. The van der Waals surface area contributed by atoms with E-state index in [0.717, 1.165) is 29.5 Å². The number of hydrogen-bond acceptors (Lipinski definition) is 6. The first-order valence-electron chi connectivity index (χ1n) is 13.1. The summed E-state index contributed by atoms with van der Waals surface area (Å²) in [5.74, 6) is -1.16. The van der Waals surface area contributed by atoms with Crippen LogP contribution in [0.3, 0.4) is 0 Å². The molecule has 1 aliphatic rings. The minimum atomic E-state index is -3.84. The molecule has 10 heteroatoms. The summed E-state index contributed by atoms with van der Waals surface area (Å²) in [6.45, 7) is 0.514. The Hall–Kier alpha value is -4.02. The van der Waals surface area contributed by atoms with E-state index < -0.39 is 21.9 Å². The van der Waals surface area contributed by atoms with Gasteiger partial charge in [0.25, 0.3) is 0 Å². The molecule has 0 radical (unpaired) electrons. The largest absolute Gasteiger partial charge is 0.469 e. The maximum Gasteiger partial charge on any atom is 0.306 e. The summed E-state index contributed by atoms with van der Waals surface area (Å²) in [4.78, 5) is 26.9. The summed E-state index contributed by atoms with van der Waals surface area (Å²) < 4.78 is 33.7. The quantitative estimate of drug-likeness (QED) is 0.176. The first kappa shape index (κ1) is 29.0. The van der Waals surface area contributed by atoms with Gasteiger partial charge in [0.1, 0.15) is 5.84 Å². The minimum Gasteiger partial charge on any atom is -0.469 e. The van der Waals surface area contributed by atoms with Crippen molar-refractivity contribution in [1.29, 1.82) is 5.41 Å². The molecular formula is C30H34N4O5S. The number of carbonyl (C=O) groups excluding carboxylic acids is 2. The first-order chi connectivity index (χ1) is 19.2. The second-order valence-corrected chi connectivity index (χ2v) is 11.6. The van der Waals surface area contributed by atoms with Crippen LogP contribution in [0.4, 0.5) is 0 Å². The Morgan fingerprint density at radius 1 is 1.02 bits per heavy atom. The Balaban J connectivity index is 1.42. The molecule has 1 aliphatic heterocycles. The lowest BCUT2D eigenvalue weighted by molar-refractivity contribution is -0.144. The van der Waals surface area contributed by atoms with E-state index in [4.69, 9.17) is 15.9 Å². The number of sulfonamides is 1. The molecule has 1 saturated heterocycles. The molecular weight excluding hydrogens is 528 g/mol. The molecule has 0 aromatic heterocycles. The summed E-state index contributed by atoms with van der Waals surface area (Å²) in [7, 11) is -2.55. The van der Waals surface area contributed by atoms with Crippen LogP contribution in [0.1, 0.15) is 30.4 Å². The van der Waals surface area contributed by atoms with Crippen LogP contribution in [-0.2, 0) is 30.8 Å². The van der Waals surface area contributed by atoms with Crippen LogP contribution in [0.15, 0.2) is 83.8 Å². The van der Waals surface area contributed by atoms with Crippen LogP contribution in [0.2, 0.25) is 0 Å². The van der Waals surface area contributed by atoms with Crippen molar-refractivity contribution in [3.8, 4) is 11.1 Å². The van der Waals surface area contributed by atoms with Gasteiger partial charge in [-0.05, 0) is 48.1 Å². The van der Waals surface area contributed by atoms with E-state index >= 15 is 0 Å². The Kier molecular flexibility index (Phi) is 9.34. The molecule has 1 heterocycles. The van der Waals surface area contributed by atoms with Crippen molar-refractivity contribution in [3.05, 3.63) is 90.0 Å². The van der Waals surface area contributed by atoms with Gasteiger partial charge in [0.15, 0.2) is 0 Å². The van der Waals surface area contributed by atoms with Crippen molar-refractivity contribution in [2.75, 3.05) is 20.2 Å². The number of nitrogen functional groups attached to an aromatic ring is 1. The highest BCUT2D eigenvalue weighted by molar-refractivity contribution is 7.89. The number of nitrogens with two attached hydrogens (primary N) is 1. The van der Waals surface area contributed by atoms with E-state index in [1.807, 2.05) is 42.5 Å². The molecule has 9 nitrogen and oxygen atoms in total. The molecule has 0 unspecified atom stereocenters. The average molecular weight is 563 g/mol. The van der Waals surface area contributed by atoms with E-state index in [2.05, 4.69) is 4.72 Å². The highest BCUT2D eigenvalue weighted by Gasteiger charge is 2.40. The highest BCUT2D eigenvalue weighted by Crippen LogP contribution is 2.28.